The second-order valence-electron chi connectivity index (χ2n) is 7.18. The molecule has 0 saturated carbocycles. The Morgan fingerprint density at radius 1 is 1.42 bits per heavy atom. The van der Waals surface area contributed by atoms with Gasteiger partial charge in [0.25, 0.3) is 11.5 Å². The van der Waals surface area contributed by atoms with Gasteiger partial charge in [-0.1, -0.05) is 37.0 Å². The Bertz CT molecular complexity index is 1080. The van der Waals surface area contributed by atoms with E-state index in [0.717, 1.165) is 5.56 Å². The Hall–Kier alpha value is -2.27. The maximum atomic E-state index is 13.3. The highest BCUT2D eigenvalue weighted by Crippen LogP contribution is 2.33. The third-order valence-electron chi connectivity index (χ3n) is 5.02. The first kappa shape index (κ1) is 23.4. The van der Waals surface area contributed by atoms with Crippen molar-refractivity contribution < 1.29 is 14.6 Å². The molecule has 1 atom stereocenters. The van der Waals surface area contributed by atoms with Gasteiger partial charge in [0, 0.05) is 26.5 Å². The van der Waals surface area contributed by atoms with Gasteiger partial charge in [0.2, 0.25) is 0 Å². The number of thioether (sulfide) groups is 1. The molecule has 8 nitrogen and oxygen atoms in total. The summed E-state index contributed by atoms with van der Waals surface area (Å²) in [5, 5.41) is 12.8. The normalized spacial score (nSPS) is 16.5. The molecule has 1 aliphatic rings. The molecule has 1 amide bonds. The van der Waals surface area contributed by atoms with E-state index in [1.165, 1.54) is 21.1 Å². The number of hydrogen-bond donors (Lipinski definition) is 2. The zero-order valence-electron chi connectivity index (χ0n) is 17.8. The first-order chi connectivity index (χ1) is 14.9. The van der Waals surface area contributed by atoms with Crippen LogP contribution in [0, 0.1) is 6.92 Å². The van der Waals surface area contributed by atoms with Gasteiger partial charge in [0.1, 0.15) is 15.8 Å². The summed E-state index contributed by atoms with van der Waals surface area (Å²) in [7, 11) is 1.61. The van der Waals surface area contributed by atoms with Crippen LogP contribution in [0.4, 0.5) is 5.82 Å². The van der Waals surface area contributed by atoms with E-state index in [9.17, 15) is 14.7 Å². The number of anilines is 1. The standard InChI is InChI=1S/C21H26N4O4S2/c1-4-14(12-26)22-17-15(19(27)24-8-5-7-13(2)18(24)23-17)11-16-20(28)25(21(30)31-16)9-6-10-29-3/h5,7-8,11,14,22,26H,4,6,9-10,12H2,1-3H3/b16-11+/t14-/m1/s1. The van der Waals surface area contributed by atoms with Gasteiger partial charge < -0.3 is 15.2 Å². The van der Waals surface area contributed by atoms with E-state index in [2.05, 4.69) is 10.3 Å². The molecule has 166 valence electrons. The van der Waals surface area contributed by atoms with Crippen LogP contribution in [0.3, 0.4) is 0 Å². The molecule has 1 saturated heterocycles. The van der Waals surface area contributed by atoms with Crippen LogP contribution in [-0.4, -0.2) is 62.5 Å². The number of aryl methyl sites for hydroxylation is 1. The van der Waals surface area contributed by atoms with E-state index < -0.39 is 0 Å². The second kappa shape index (κ2) is 10.4. The zero-order valence-corrected chi connectivity index (χ0v) is 19.4. The van der Waals surface area contributed by atoms with Gasteiger partial charge in [-0.2, -0.15) is 0 Å². The number of aliphatic hydroxyl groups excluding tert-OH is 1. The van der Waals surface area contributed by atoms with E-state index in [0.29, 0.717) is 46.7 Å². The molecule has 2 aromatic heterocycles. The van der Waals surface area contributed by atoms with E-state index in [4.69, 9.17) is 17.0 Å². The number of ether oxygens (including phenoxy) is 1. The fourth-order valence-electron chi connectivity index (χ4n) is 3.21. The van der Waals surface area contributed by atoms with Crippen molar-refractivity contribution >= 4 is 51.7 Å². The van der Waals surface area contributed by atoms with Crippen LogP contribution < -0.4 is 10.9 Å². The van der Waals surface area contributed by atoms with Gasteiger partial charge in [0.15, 0.2) is 0 Å². The minimum absolute atomic E-state index is 0.105. The molecular formula is C21H26N4O4S2. The zero-order chi connectivity index (χ0) is 22.5. The number of hydrogen-bond acceptors (Lipinski definition) is 8. The second-order valence-corrected chi connectivity index (χ2v) is 8.85. The molecule has 0 bridgehead atoms. The number of amides is 1. The maximum Gasteiger partial charge on any atom is 0.267 e. The Balaban J connectivity index is 2.08. The lowest BCUT2D eigenvalue weighted by Gasteiger charge is -2.17. The molecule has 1 fully saturated rings. The average Bonchev–Trinajstić information content (AvgIpc) is 3.02. The highest BCUT2D eigenvalue weighted by atomic mass is 32.2. The number of aliphatic hydroxyl groups is 1. The number of pyridine rings is 1. The lowest BCUT2D eigenvalue weighted by Crippen LogP contribution is -2.30. The Morgan fingerprint density at radius 2 is 2.19 bits per heavy atom. The van der Waals surface area contributed by atoms with Crippen LogP contribution in [0.2, 0.25) is 0 Å². The Morgan fingerprint density at radius 3 is 2.87 bits per heavy atom. The van der Waals surface area contributed by atoms with Gasteiger partial charge in [-0.3, -0.25) is 18.9 Å². The van der Waals surface area contributed by atoms with Gasteiger partial charge in [-0.25, -0.2) is 4.98 Å². The number of nitrogens with zero attached hydrogens (tertiary/aromatic N) is 3. The largest absolute Gasteiger partial charge is 0.394 e. The Labute approximate surface area is 190 Å². The number of fused-ring (bicyclic) bond motifs is 1. The van der Waals surface area contributed by atoms with Gasteiger partial charge in [-0.05, 0) is 37.5 Å². The summed E-state index contributed by atoms with van der Waals surface area (Å²) >= 11 is 6.53. The number of carbonyl (C=O) groups is 1. The van der Waals surface area contributed by atoms with E-state index in [1.54, 1.807) is 25.4 Å². The summed E-state index contributed by atoms with van der Waals surface area (Å²) < 4.78 is 6.97. The fourth-order valence-corrected chi connectivity index (χ4v) is 4.50. The first-order valence-corrected chi connectivity index (χ1v) is 11.3. The number of nitrogens with one attached hydrogen (secondary N) is 1. The van der Waals surface area contributed by atoms with E-state index >= 15 is 0 Å². The van der Waals surface area contributed by atoms with Crippen LogP contribution >= 0.6 is 24.0 Å². The maximum absolute atomic E-state index is 13.3. The van der Waals surface area contributed by atoms with Crippen molar-refractivity contribution in [2.75, 3.05) is 32.2 Å². The number of rotatable bonds is 9. The van der Waals surface area contributed by atoms with Crippen molar-refractivity contribution in [1.29, 1.82) is 0 Å². The molecule has 2 N–H and O–H groups in total. The molecule has 3 rings (SSSR count). The summed E-state index contributed by atoms with van der Waals surface area (Å²) in [6.07, 6.45) is 4.51. The minimum atomic E-state index is -0.298. The molecule has 2 aromatic rings. The smallest absolute Gasteiger partial charge is 0.267 e. The summed E-state index contributed by atoms with van der Waals surface area (Å²) in [6, 6.07) is 3.38. The predicted octanol–water partition coefficient (Wildman–Crippen LogP) is 2.42. The van der Waals surface area contributed by atoms with E-state index in [1.807, 2.05) is 19.9 Å². The molecule has 3 heterocycles. The third kappa shape index (κ3) is 4.98. The molecule has 31 heavy (non-hydrogen) atoms. The molecule has 0 unspecified atom stereocenters. The first-order valence-electron chi connectivity index (χ1n) is 10.0. The molecule has 0 aromatic carbocycles. The number of carbonyl (C=O) groups excluding carboxylic acids is 1. The monoisotopic (exact) mass is 462 g/mol. The third-order valence-corrected chi connectivity index (χ3v) is 6.40. The average molecular weight is 463 g/mol. The number of methoxy groups -OCH3 is 1. The number of thiocarbonyl (C=S) groups is 1. The van der Waals surface area contributed by atoms with Gasteiger partial charge >= 0.3 is 0 Å². The molecule has 10 heteroatoms. The SMILES string of the molecule is CC[C@H](CO)Nc1nc2c(C)cccn2c(=O)c1/C=C1/SC(=S)N(CCCOC)C1=O. The van der Waals surface area contributed by atoms with Crippen LogP contribution in [0.1, 0.15) is 30.9 Å². The lowest BCUT2D eigenvalue weighted by atomic mass is 10.2. The van der Waals surface area contributed by atoms with Crippen molar-refractivity contribution in [3.8, 4) is 0 Å². The quantitative estimate of drug-likeness (QED) is 0.333. The molecule has 0 aliphatic carbocycles. The molecule has 0 spiro atoms. The van der Waals surface area contributed by atoms with E-state index in [-0.39, 0.29) is 29.7 Å². The van der Waals surface area contributed by atoms with Crippen LogP contribution in [0.15, 0.2) is 28.0 Å². The summed E-state index contributed by atoms with van der Waals surface area (Å²) in [5.74, 6) is 0.102. The van der Waals surface area contributed by atoms with Crippen molar-refractivity contribution in [3.63, 3.8) is 0 Å². The van der Waals surface area contributed by atoms with Gasteiger partial charge in [-0.15, -0.1) is 0 Å². The lowest BCUT2D eigenvalue weighted by molar-refractivity contribution is -0.122. The Kier molecular flexibility index (Phi) is 7.82. The number of aromatic nitrogens is 2. The van der Waals surface area contributed by atoms with Crippen molar-refractivity contribution in [3.05, 3.63) is 44.7 Å². The molecular weight excluding hydrogens is 436 g/mol. The predicted molar refractivity (Wildman–Crippen MR) is 127 cm³/mol. The molecule has 0 radical (unpaired) electrons. The van der Waals surface area contributed by atoms with Crippen LogP contribution in [0.25, 0.3) is 11.7 Å². The molecule has 1 aliphatic heterocycles. The highest BCUT2D eigenvalue weighted by molar-refractivity contribution is 8.26. The van der Waals surface area contributed by atoms with Crippen molar-refractivity contribution in [2.45, 2.75) is 32.7 Å². The van der Waals surface area contributed by atoms with Crippen LogP contribution in [0.5, 0.6) is 0 Å². The van der Waals surface area contributed by atoms with Crippen molar-refractivity contribution in [2.24, 2.45) is 0 Å². The summed E-state index contributed by atoms with van der Waals surface area (Å²) in [5.41, 5.74) is 1.32. The summed E-state index contributed by atoms with van der Waals surface area (Å²) in [4.78, 5) is 32.8. The topological polar surface area (TPSA) is 96.2 Å². The van der Waals surface area contributed by atoms with Crippen molar-refractivity contribution in [1.82, 2.24) is 14.3 Å². The van der Waals surface area contributed by atoms with Gasteiger partial charge in [0.05, 0.1) is 23.1 Å². The summed E-state index contributed by atoms with van der Waals surface area (Å²) in [6.45, 7) is 4.68. The minimum Gasteiger partial charge on any atom is -0.394 e. The van der Waals surface area contributed by atoms with Crippen LogP contribution in [-0.2, 0) is 9.53 Å². The highest BCUT2D eigenvalue weighted by Gasteiger charge is 2.32. The fraction of sp³-hybridized carbons (Fsp3) is 0.429.